The number of carbonyl (C=O) groups excluding carboxylic acids is 1. The molecule has 4 heteroatoms. The zero-order chi connectivity index (χ0) is 10.8. The van der Waals surface area contributed by atoms with Crippen molar-refractivity contribution in [1.29, 1.82) is 0 Å². The lowest BCUT2D eigenvalue weighted by Crippen LogP contribution is -2.44. The first-order valence-corrected chi connectivity index (χ1v) is 4.31. The number of hydrogen-bond acceptors (Lipinski definition) is 3. The maximum atomic E-state index is 12.8. The van der Waals surface area contributed by atoms with E-state index in [0.29, 0.717) is 0 Å². The van der Waals surface area contributed by atoms with Gasteiger partial charge >= 0.3 is 0 Å². The maximum absolute atomic E-state index is 12.8. The van der Waals surface area contributed by atoms with Crippen LogP contribution < -0.4 is 5.32 Å². The smallest absolute Gasteiger partial charge is 0.183 e. The number of ketones is 1. The Kier molecular flexibility index (Phi) is 2.96. The minimum atomic E-state index is -0.699. The number of hydrogen-bond donors (Lipinski definition) is 1. The molecule has 1 aromatic heterocycles. The highest BCUT2D eigenvalue weighted by Crippen LogP contribution is 2.12. The molecule has 0 spiro atoms. The molecular formula is C10H13FN2O. The van der Waals surface area contributed by atoms with Crippen LogP contribution in [0.2, 0.25) is 0 Å². The summed E-state index contributed by atoms with van der Waals surface area (Å²) in [6.45, 7) is 3.47. The maximum Gasteiger partial charge on any atom is 0.183 e. The quantitative estimate of drug-likeness (QED) is 0.743. The van der Waals surface area contributed by atoms with Crippen molar-refractivity contribution < 1.29 is 9.18 Å². The molecule has 1 aromatic rings. The van der Waals surface area contributed by atoms with Crippen molar-refractivity contribution in [3.8, 4) is 0 Å². The number of nitrogens with zero attached hydrogens (tertiary/aromatic N) is 1. The molecule has 1 heterocycles. The third-order valence-corrected chi connectivity index (χ3v) is 2.16. The van der Waals surface area contributed by atoms with Crippen LogP contribution in [0.25, 0.3) is 0 Å². The number of nitrogens with one attached hydrogen (secondary N) is 1. The van der Waals surface area contributed by atoms with Gasteiger partial charge in [-0.1, -0.05) is 0 Å². The van der Waals surface area contributed by atoms with Crippen molar-refractivity contribution in [2.75, 3.05) is 7.05 Å². The van der Waals surface area contributed by atoms with Crippen molar-refractivity contribution in [2.45, 2.75) is 19.4 Å². The molecule has 0 aliphatic rings. The van der Waals surface area contributed by atoms with Gasteiger partial charge in [0.1, 0.15) is 5.82 Å². The first kappa shape index (κ1) is 10.8. The minimum Gasteiger partial charge on any atom is -0.308 e. The Morgan fingerprint density at radius 2 is 2.14 bits per heavy atom. The molecule has 0 saturated heterocycles. The second kappa shape index (κ2) is 3.84. The molecule has 0 aromatic carbocycles. The van der Waals surface area contributed by atoms with Crippen molar-refractivity contribution >= 4 is 5.78 Å². The summed E-state index contributed by atoms with van der Waals surface area (Å²) in [4.78, 5) is 15.4. The van der Waals surface area contributed by atoms with E-state index in [9.17, 15) is 9.18 Å². The molecule has 0 radical (unpaired) electrons. The zero-order valence-corrected chi connectivity index (χ0v) is 8.47. The Bertz CT molecular complexity index is 350. The van der Waals surface area contributed by atoms with E-state index in [1.807, 2.05) is 0 Å². The summed E-state index contributed by atoms with van der Waals surface area (Å²) in [7, 11) is 1.69. The molecule has 1 N–H and O–H groups in total. The highest BCUT2D eigenvalue weighted by Gasteiger charge is 2.26. The van der Waals surface area contributed by atoms with Crippen molar-refractivity contribution in [2.24, 2.45) is 0 Å². The molecule has 0 saturated carbocycles. The number of likely N-dealkylation sites (N-methyl/N-ethyl adjacent to an activating group) is 1. The van der Waals surface area contributed by atoms with Gasteiger partial charge < -0.3 is 5.32 Å². The van der Waals surface area contributed by atoms with Crippen LogP contribution in [-0.4, -0.2) is 23.4 Å². The highest BCUT2D eigenvalue weighted by atomic mass is 19.1. The summed E-state index contributed by atoms with van der Waals surface area (Å²) < 4.78 is 12.8. The van der Waals surface area contributed by atoms with Gasteiger partial charge in [0.05, 0.1) is 11.7 Å². The Balaban J connectivity index is 3.01. The summed E-state index contributed by atoms with van der Waals surface area (Å²) in [6.07, 6.45) is 2.44. The number of Topliss-reactive ketones (excluding diaryl/α,β-unsaturated/α-hetero) is 1. The molecule has 0 atom stereocenters. The van der Waals surface area contributed by atoms with E-state index in [-0.39, 0.29) is 11.3 Å². The van der Waals surface area contributed by atoms with Gasteiger partial charge in [-0.25, -0.2) is 4.39 Å². The highest BCUT2D eigenvalue weighted by molar-refractivity contribution is 6.02. The van der Waals surface area contributed by atoms with Gasteiger partial charge in [-0.15, -0.1) is 0 Å². The predicted octanol–water partition coefficient (Wildman–Crippen LogP) is 1.40. The number of rotatable bonds is 3. The average molecular weight is 196 g/mol. The molecule has 1 rings (SSSR count). The van der Waals surface area contributed by atoms with Crippen LogP contribution >= 0.6 is 0 Å². The van der Waals surface area contributed by atoms with Crippen molar-refractivity contribution in [1.82, 2.24) is 10.3 Å². The fourth-order valence-corrected chi connectivity index (χ4v) is 1.01. The molecule has 0 unspecified atom stereocenters. The Morgan fingerprint density at radius 3 is 2.64 bits per heavy atom. The van der Waals surface area contributed by atoms with Gasteiger partial charge in [-0.3, -0.25) is 9.78 Å². The Labute approximate surface area is 82.4 Å². The van der Waals surface area contributed by atoms with E-state index in [0.717, 1.165) is 6.20 Å². The molecule has 0 aliphatic carbocycles. The summed E-state index contributed by atoms with van der Waals surface area (Å²) in [6, 6.07) is 1.19. The van der Waals surface area contributed by atoms with Crippen LogP contribution in [0.1, 0.15) is 24.2 Å². The second-order valence-corrected chi connectivity index (χ2v) is 3.60. The lowest BCUT2D eigenvalue weighted by molar-refractivity contribution is 0.0888. The lowest BCUT2D eigenvalue weighted by Gasteiger charge is -2.21. The zero-order valence-electron chi connectivity index (χ0n) is 8.47. The molecule has 0 fully saturated rings. The van der Waals surface area contributed by atoms with E-state index in [1.54, 1.807) is 20.9 Å². The average Bonchev–Trinajstić information content (AvgIpc) is 2.16. The van der Waals surface area contributed by atoms with Gasteiger partial charge in [-0.2, -0.15) is 0 Å². The van der Waals surface area contributed by atoms with Crippen molar-refractivity contribution in [3.05, 3.63) is 29.8 Å². The molecule has 3 nitrogen and oxygen atoms in total. The van der Waals surface area contributed by atoms with Crippen LogP contribution in [-0.2, 0) is 0 Å². The van der Waals surface area contributed by atoms with Gasteiger partial charge in [0.2, 0.25) is 0 Å². The summed E-state index contributed by atoms with van der Waals surface area (Å²) >= 11 is 0. The fourth-order valence-electron chi connectivity index (χ4n) is 1.01. The van der Waals surface area contributed by atoms with E-state index in [4.69, 9.17) is 0 Å². The van der Waals surface area contributed by atoms with Gasteiger partial charge in [0.25, 0.3) is 0 Å². The normalized spacial score (nSPS) is 11.4. The second-order valence-electron chi connectivity index (χ2n) is 3.60. The van der Waals surface area contributed by atoms with Crippen LogP contribution in [0.4, 0.5) is 4.39 Å². The van der Waals surface area contributed by atoms with Gasteiger partial charge in [0, 0.05) is 11.8 Å². The van der Waals surface area contributed by atoms with E-state index < -0.39 is 11.4 Å². The van der Waals surface area contributed by atoms with Crippen LogP contribution in [0.15, 0.2) is 18.5 Å². The van der Waals surface area contributed by atoms with Crippen LogP contribution in [0.5, 0.6) is 0 Å². The number of aromatic nitrogens is 1. The minimum absolute atomic E-state index is 0.174. The third kappa shape index (κ3) is 2.14. The molecule has 14 heavy (non-hydrogen) atoms. The summed E-state index contributed by atoms with van der Waals surface area (Å²) in [5.74, 6) is -0.672. The number of carbonyl (C=O) groups is 1. The third-order valence-electron chi connectivity index (χ3n) is 2.16. The Hall–Kier alpha value is -1.29. The van der Waals surface area contributed by atoms with Crippen LogP contribution in [0.3, 0.4) is 0 Å². The standard InChI is InChI=1S/C10H13FN2O/c1-10(2,12-3)9(14)7-4-8(11)6-13-5-7/h4-6,12H,1-3H3. The monoisotopic (exact) mass is 196 g/mol. The number of pyridine rings is 1. The van der Waals surface area contributed by atoms with E-state index in [2.05, 4.69) is 10.3 Å². The Morgan fingerprint density at radius 1 is 1.50 bits per heavy atom. The van der Waals surface area contributed by atoms with Crippen molar-refractivity contribution in [3.63, 3.8) is 0 Å². The molecule has 76 valence electrons. The van der Waals surface area contributed by atoms with Gasteiger partial charge in [-0.05, 0) is 27.0 Å². The molecule has 0 bridgehead atoms. The fraction of sp³-hybridized carbons (Fsp3) is 0.400. The largest absolute Gasteiger partial charge is 0.308 e. The van der Waals surface area contributed by atoms with E-state index in [1.165, 1.54) is 12.3 Å². The first-order valence-electron chi connectivity index (χ1n) is 4.31. The summed E-state index contributed by atoms with van der Waals surface area (Å²) in [5.41, 5.74) is -0.417. The van der Waals surface area contributed by atoms with E-state index >= 15 is 0 Å². The molecule has 0 aliphatic heterocycles. The van der Waals surface area contributed by atoms with Crippen LogP contribution in [0, 0.1) is 5.82 Å². The summed E-state index contributed by atoms with van der Waals surface area (Å²) in [5, 5.41) is 2.86. The molecule has 0 amide bonds. The topological polar surface area (TPSA) is 42.0 Å². The number of halogens is 1. The first-order chi connectivity index (χ1) is 6.47. The predicted molar refractivity (Wildman–Crippen MR) is 51.7 cm³/mol. The SMILES string of the molecule is CNC(C)(C)C(=O)c1cncc(F)c1. The molecular weight excluding hydrogens is 183 g/mol. The lowest BCUT2D eigenvalue weighted by atomic mass is 9.94. The van der Waals surface area contributed by atoms with Gasteiger partial charge in [0.15, 0.2) is 5.78 Å².